The van der Waals surface area contributed by atoms with Crippen LogP contribution in [0.5, 0.6) is 0 Å². The van der Waals surface area contributed by atoms with Crippen molar-refractivity contribution in [2.75, 3.05) is 0 Å². The van der Waals surface area contributed by atoms with Crippen LogP contribution in [0.3, 0.4) is 0 Å². The molecule has 0 bridgehead atoms. The summed E-state index contributed by atoms with van der Waals surface area (Å²) < 4.78 is 26.8. The summed E-state index contributed by atoms with van der Waals surface area (Å²) in [5.41, 5.74) is 0.569. The van der Waals surface area contributed by atoms with Crippen LogP contribution in [-0.2, 0) is 6.42 Å². The summed E-state index contributed by atoms with van der Waals surface area (Å²) >= 11 is 3.26. The second kappa shape index (κ2) is 6.09. The van der Waals surface area contributed by atoms with Gasteiger partial charge < -0.3 is 0 Å². The standard InChI is InChI=1S/C14H10BrF2NO2/c15-12(11-8-10(16)5-6-13(11)17)7-9-3-1-2-4-14(9)18(19)20/h1-6,8,12H,7H2. The number of rotatable bonds is 4. The van der Waals surface area contributed by atoms with Gasteiger partial charge >= 0.3 is 0 Å². The fraction of sp³-hybridized carbons (Fsp3) is 0.143. The zero-order chi connectivity index (χ0) is 14.7. The van der Waals surface area contributed by atoms with E-state index >= 15 is 0 Å². The predicted molar refractivity (Wildman–Crippen MR) is 74.8 cm³/mol. The van der Waals surface area contributed by atoms with Crippen molar-refractivity contribution in [2.45, 2.75) is 11.2 Å². The van der Waals surface area contributed by atoms with E-state index in [1.807, 2.05) is 0 Å². The first kappa shape index (κ1) is 14.6. The molecule has 0 aliphatic heterocycles. The molecule has 2 rings (SSSR count). The number of benzene rings is 2. The Hall–Kier alpha value is -1.82. The average Bonchev–Trinajstić information content (AvgIpc) is 2.41. The quantitative estimate of drug-likeness (QED) is 0.465. The third-order valence-electron chi connectivity index (χ3n) is 2.88. The van der Waals surface area contributed by atoms with Gasteiger partial charge in [0, 0.05) is 22.0 Å². The number of para-hydroxylation sites is 1. The molecule has 1 unspecified atom stereocenters. The smallest absolute Gasteiger partial charge is 0.258 e. The molecule has 0 fully saturated rings. The van der Waals surface area contributed by atoms with Crippen molar-refractivity contribution in [3.8, 4) is 0 Å². The molecular formula is C14H10BrF2NO2. The van der Waals surface area contributed by atoms with Crippen LogP contribution in [0.1, 0.15) is 16.0 Å². The molecule has 0 aliphatic rings. The first-order valence-electron chi connectivity index (χ1n) is 5.80. The number of nitrogens with zero attached hydrogens (tertiary/aromatic N) is 1. The Morgan fingerprint density at radius 1 is 1.20 bits per heavy atom. The van der Waals surface area contributed by atoms with Crippen molar-refractivity contribution in [1.82, 2.24) is 0 Å². The van der Waals surface area contributed by atoms with Crippen molar-refractivity contribution in [3.05, 3.63) is 75.3 Å². The number of hydrogen-bond acceptors (Lipinski definition) is 2. The van der Waals surface area contributed by atoms with E-state index in [2.05, 4.69) is 15.9 Å². The molecule has 0 saturated carbocycles. The molecule has 0 N–H and O–H groups in total. The predicted octanol–water partition coefficient (Wildman–Crippen LogP) is 4.55. The molecule has 3 nitrogen and oxygen atoms in total. The van der Waals surface area contributed by atoms with Gasteiger partial charge in [0.15, 0.2) is 0 Å². The Bertz CT molecular complexity index is 649. The van der Waals surface area contributed by atoms with Crippen LogP contribution in [0.2, 0.25) is 0 Å². The Balaban J connectivity index is 2.30. The minimum absolute atomic E-state index is 0.0336. The lowest BCUT2D eigenvalue weighted by molar-refractivity contribution is -0.385. The van der Waals surface area contributed by atoms with Crippen LogP contribution in [0.25, 0.3) is 0 Å². The van der Waals surface area contributed by atoms with Crippen LogP contribution in [0, 0.1) is 21.7 Å². The highest BCUT2D eigenvalue weighted by atomic mass is 79.9. The lowest BCUT2D eigenvalue weighted by Crippen LogP contribution is -2.02. The summed E-state index contributed by atoms with van der Waals surface area (Å²) in [6.45, 7) is 0. The summed E-state index contributed by atoms with van der Waals surface area (Å²) in [7, 11) is 0. The normalized spacial score (nSPS) is 12.2. The highest BCUT2D eigenvalue weighted by Gasteiger charge is 2.19. The highest BCUT2D eigenvalue weighted by Crippen LogP contribution is 2.32. The second-order valence-corrected chi connectivity index (χ2v) is 5.33. The zero-order valence-electron chi connectivity index (χ0n) is 10.2. The van der Waals surface area contributed by atoms with Gasteiger partial charge in [-0.05, 0) is 24.6 Å². The van der Waals surface area contributed by atoms with E-state index in [-0.39, 0.29) is 17.7 Å². The van der Waals surface area contributed by atoms with E-state index in [1.54, 1.807) is 18.2 Å². The van der Waals surface area contributed by atoms with Crippen LogP contribution < -0.4 is 0 Å². The first-order chi connectivity index (χ1) is 9.49. The topological polar surface area (TPSA) is 43.1 Å². The van der Waals surface area contributed by atoms with Gasteiger partial charge in [-0.2, -0.15) is 0 Å². The van der Waals surface area contributed by atoms with Gasteiger partial charge in [0.1, 0.15) is 11.6 Å². The molecule has 0 heterocycles. The molecule has 104 valence electrons. The Morgan fingerprint density at radius 2 is 1.90 bits per heavy atom. The number of halogens is 3. The van der Waals surface area contributed by atoms with Crippen molar-refractivity contribution in [3.63, 3.8) is 0 Å². The Kier molecular flexibility index (Phi) is 4.44. The van der Waals surface area contributed by atoms with Gasteiger partial charge in [0.05, 0.1) is 4.92 Å². The van der Waals surface area contributed by atoms with Gasteiger partial charge in [-0.25, -0.2) is 8.78 Å². The van der Waals surface area contributed by atoms with E-state index in [0.29, 0.717) is 5.56 Å². The molecule has 0 spiro atoms. The molecule has 1 atom stereocenters. The van der Waals surface area contributed by atoms with Gasteiger partial charge in [-0.3, -0.25) is 10.1 Å². The average molecular weight is 342 g/mol. The third-order valence-corrected chi connectivity index (χ3v) is 3.70. The van der Waals surface area contributed by atoms with E-state index < -0.39 is 21.4 Å². The Labute approximate surface area is 122 Å². The van der Waals surface area contributed by atoms with Crippen molar-refractivity contribution >= 4 is 21.6 Å². The lowest BCUT2D eigenvalue weighted by atomic mass is 10.0. The summed E-state index contributed by atoms with van der Waals surface area (Å²) in [4.78, 5) is 9.89. The van der Waals surface area contributed by atoms with Crippen LogP contribution >= 0.6 is 15.9 Å². The molecular weight excluding hydrogens is 332 g/mol. The largest absolute Gasteiger partial charge is 0.272 e. The molecule has 0 aliphatic carbocycles. The maximum atomic E-state index is 13.7. The SMILES string of the molecule is O=[N+]([O-])c1ccccc1CC(Br)c1cc(F)ccc1F. The Morgan fingerprint density at radius 3 is 2.60 bits per heavy atom. The molecule has 2 aromatic rings. The number of alkyl halides is 1. The van der Waals surface area contributed by atoms with Crippen molar-refractivity contribution < 1.29 is 13.7 Å². The molecule has 6 heteroatoms. The maximum Gasteiger partial charge on any atom is 0.272 e. The lowest BCUT2D eigenvalue weighted by Gasteiger charge is -2.11. The van der Waals surface area contributed by atoms with E-state index in [0.717, 1.165) is 18.2 Å². The second-order valence-electron chi connectivity index (χ2n) is 4.22. The van der Waals surface area contributed by atoms with Crippen molar-refractivity contribution in [1.29, 1.82) is 0 Å². The van der Waals surface area contributed by atoms with Gasteiger partial charge in [-0.15, -0.1) is 0 Å². The molecule has 0 saturated heterocycles. The molecule has 0 aromatic heterocycles. The molecule has 2 aromatic carbocycles. The number of nitro groups is 1. The number of nitro benzene ring substituents is 1. The minimum Gasteiger partial charge on any atom is -0.258 e. The summed E-state index contributed by atoms with van der Waals surface area (Å²) in [5, 5.41) is 10.9. The van der Waals surface area contributed by atoms with E-state index in [9.17, 15) is 18.9 Å². The monoisotopic (exact) mass is 341 g/mol. The fourth-order valence-corrected chi connectivity index (χ4v) is 2.62. The van der Waals surface area contributed by atoms with Gasteiger partial charge in [0.2, 0.25) is 0 Å². The van der Waals surface area contributed by atoms with Crippen LogP contribution in [0.15, 0.2) is 42.5 Å². The fourth-order valence-electron chi connectivity index (χ4n) is 1.92. The van der Waals surface area contributed by atoms with Gasteiger partial charge in [-0.1, -0.05) is 34.1 Å². The van der Waals surface area contributed by atoms with E-state index in [1.165, 1.54) is 6.07 Å². The summed E-state index contributed by atoms with van der Waals surface area (Å²) in [6, 6.07) is 9.38. The van der Waals surface area contributed by atoms with Gasteiger partial charge in [0.25, 0.3) is 5.69 Å². The third kappa shape index (κ3) is 3.19. The molecule has 0 radical (unpaired) electrons. The summed E-state index contributed by atoms with van der Waals surface area (Å²) in [6.07, 6.45) is 0.192. The summed E-state index contributed by atoms with van der Waals surface area (Å²) in [5.74, 6) is -1.10. The first-order valence-corrected chi connectivity index (χ1v) is 6.72. The number of hydrogen-bond donors (Lipinski definition) is 0. The van der Waals surface area contributed by atoms with Crippen LogP contribution in [-0.4, -0.2) is 4.92 Å². The zero-order valence-corrected chi connectivity index (χ0v) is 11.8. The molecule has 20 heavy (non-hydrogen) atoms. The van der Waals surface area contributed by atoms with Crippen molar-refractivity contribution in [2.24, 2.45) is 0 Å². The minimum atomic E-state index is -0.549. The highest BCUT2D eigenvalue weighted by molar-refractivity contribution is 9.09. The molecule has 0 amide bonds. The van der Waals surface area contributed by atoms with Crippen LogP contribution in [0.4, 0.5) is 14.5 Å². The van der Waals surface area contributed by atoms with E-state index in [4.69, 9.17) is 0 Å². The maximum absolute atomic E-state index is 13.7.